The summed E-state index contributed by atoms with van der Waals surface area (Å²) in [5.41, 5.74) is 2.51. The molecule has 2 atom stereocenters. The lowest BCUT2D eigenvalue weighted by molar-refractivity contribution is -0.138. The summed E-state index contributed by atoms with van der Waals surface area (Å²) < 4.78 is 45.9. The molecule has 1 aromatic heterocycles. The third-order valence-electron chi connectivity index (χ3n) is 5.99. The third kappa shape index (κ3) is 5.51. The number of aliphatic carboxylic acids is 1. The minimum atomic E-state index is -4.43. The molecule has 35 heavy (non-hydrogen) atoms. The fourth-order valence-corrected chi connectivity index (χ4v) is 4.10. The largest absolute Gasteiger partial charge is 0.480 e. The molecular weight excluding hydrogens is 459 g/mol. The van der Waals surface area contributed by atoms with Crippen LogP contribution in [0.2, 0.25) is 0 Å². The zero-order chi connectivity index (χ0) is 25.2. The van der Waals surface area contributed by atoms with Crippen LogP contribution in [-0.2, 0) is 11.0 Å². The Balaban J connectivity index is 1.49. The zero-order valence-electron chi connectivity index (χ0n) is 19.1. The van der Waals surface area contributed by atoms with Crippen LogP contribution in [0.1, 0.15) is 54.8 Å². The molecule has 0 saturated heterocycles. The third-order valence-corrected chi connectivity index (χ3v) is 5.99. The van der Waals surface area contributed by atoms with Crippen molar-refractivity contribution in [2.24, 2.45) is 0 Å². The Morgan fingerprint density at radius 1 is 1.20 bits per heavy atom. The highest BCUT2D eigenvalue weighted by Crippen LogP contribution is 2.40. The van der Waals surface area contributed by atoms with Gasteiger partial charge in [0.1, 0.15) is 0 Å². The van der Waals surface area contributed by atoms with E-state index in [2.05, 4.69) is 15.5 Å². The van der Waals surface area contributed by atoms with Gasteiger partial charge >= 0.3 is 12.1 Å². The predicted octanol–water partition coefficient (Wildman–Crippen LogP) is 6.01. The average molecular weight is 483 g/mol. The molecule has 1 aliphatic carbocycles. The molecule has 0 spiro atoms. The Kier molecular flexibility index (Phi) is 6.88. The first kappa shape index (κ1) is 24.4. The van der Waals surface area contributed by atoms with Crippen LogP contribution < -0.4 is 5.32 Å². The summed E-state index contributed by atoms with van der Waals surface area (Å²) in [4.78, 5) is 15.2. The molecule has 0 saturated carbocycles. The van der Waals surface area contributed by atoms with Crippen LogP contribution in [0.5, 0.6) is 0 Å². The van der Waals surface area contributed by atoms with Gasteiger partial charge in [-0.1, -0.05) is 65.3 Å². The van der Waals surface area contributed by atoms with E-state index < -0.39 is 17.7 Å². The number of carbonyl (C=O) groups is 1. The number of allylic oxidation sites excluding steroid dienone is 4. The van der Waals surface area contributed by atoms with Crippen molar-refractivity contribution in [3.05, 3.63) is 88.8 Å². The Bertz CT molecular complexity index is 1280. The molecule has 182 valence electrons. The molecule has 0 radical (unpaired) electrons. The Labute approximate surface area is 200 Å². The van der Waals surface area contributed by atoms with Gasteiger partial charge in [0, 0.05) is 11.6 Å². The van der Waals surface area contributed by atoms with Gasteiger partial charge < -0.3 is 14.9 Å². The van der Waals surface area contributed by atoms with E-state index in [0.717, 1.165) is 22.8 Å². The SMILES string of the molecule is CC1=C(c2ccccc2C(F)(F)F)C=CC(c2nc(-c3ccc(C(C)NCC(=O)O)cc3)no2)C1. The summed E-state index contributed by atoms with van der Waals surface area (Å²) in [6, 6.07) is 12.8. The Hall–Kier alpha value is -3.72. The number of rotatable bonds is 7. The highest BCUT2D eigenvalue weighted by atomic mass is 19.4. The molecule has 0 bridgehead atoms. The normalized spacial score (nSPS) is 17.0. The molecule has 2 unspecified atom stereocenters. The van der Waals surface area contributed by atoms with E-state index in [1.165, 1.54) is 12.1 Å². The lowest BCUT2D eigenvalue weighted by atomic mass is 9.85. The number of hydrogen-bond acceptors (Lipinski definition) is 5. The van der Waals surface area contributed by atoms with Crippen molar-refractivity contribution in [3.8, 4) is 11.4 Å². The summed E-state index contributed by atoms with van der Waals surface area (Å²) in [5, 5.41) is 15.8. The highest BCUT2D eigenvalue weighted by Gasteiger charge is 2.34. The topological polar surface area (TPSA) is 88.2 Å². The molecule has 0 fully saturated rings. The number of nitrogens with zero attached hydrogens (tertiary/aromatic N) is 2. The second-order valence-corrected chi connectivity index (χ2v) is 8.48. The molecular formula is C26H24F3N3O3. The van der Waals surface area contributed by atoms with Crippen LogP contribution in [0.3, 0.4) is 0 Å². The molecule has 0 aliphatic heterocycles. The van der Waals surface area contributed by atoms with Gasteiger partial charge in [-0.05, 0) is 43.0 Å². The van der Waals surface area contributed by atoms with Gasteiger partial charge in [0.05, 0.1) is 18.0 Å². The van der Waals surface area contributed by atoms with E-state index in [0.29, 0.717) is 23.7 Å². The van der Waals surface area contributed by atoms with Gasteiger partial charge in [-0.15, -0.1) is 0 Å². The summed E-state index contributed by atoms with van der Waals surface area (Å²) >= 11 is 0. The number of hydrogen-bond donors (Lipinski definition) is 2. The van der Waals surface area contributed by atoms with Crippen molar-refractivity contribution in [3.63, 3.8) is 0 Å². The fraction of sp³-hybridized carbons (Fsp3) is 0.269. The molecule has 6 nitrogen and oxygen atoms in total. The second kappa shape index (κ2) is 9.87. The van der Waals surface area contributed by atoms with E-state index >= 15 is 0 Å². The number of carboxylic acid groups (broad SMARTS) is 1. The van der Waals surface area contributed by atoms with E-state index in [-0.39, 0.29) is 24.1 Å². The molecule has 1 heterocycles. The number of nitrogens with one attached hydrogen (secondary N) is 1. The summed E-state index contributed by atoms with van der Waals surface area (Å²) in [6.45, 7) is 3.55. The monoisotopic (exact) mass is 483 g/mol. The van der Waals surface area contributed by atoms with Crippen LogP contribution >= 0.6 is 0 Å². The van der Waals surface area contributed by atoms with E-state index in [1.807, 2.05) is 38.1 Å². The molecule has 3 aromatic rings. The van der Waals surface area contributed by atoms with Crippen molar-refractivity contribution < 1.29 is 27.6 Å². The predicted molar refractivity (Wildman–Crippen MR) is 124 cm³/mol. The van der Waals surface area contributed by atoms with Crippen molar-refractivity contribution in [2.45, 2.75) is 38.4 Å². The second-order valence-electron chi connectivity index (χ2n) is 8.48. The first-order valence-electron chi connectivity index (χ1n) is 11.1. The minimum absolute atomic E-state index is 0.136. The lowest BCUT2D eigenvalue weighted by Crippen LogP contribution is -2.25. The maximum atomic E-state index is 13.5. The van der Waals surface area contributed by atoms with Gasteiger partial charge in [0.2, 0.25) is 11.7 Å². The van der Waals surface area contributed by atoms with Gasteiger partial charge in [-0.25, -0.2) is 0 Å². The maximum absolute atomic E-state index is 13.5. The maximum Gasteiger partial charge on any atom is 0.417 e. The highest BCUT2D eigenvalue weighted by molar-refractivity contribution is 5.80. The first-order valence-corrected chi connectivity index (χ1v) is 11.1. The molecule has 2 aromatic carbocycles. The van der Waals surface area contributed by atoms with Crippen LogP contribution in [0.15, 0.2) is 70.8 Å². The zero-order valence-corrected chi connectivity index (χ0v) is 19.1. The van der Waals surface area contributed by atoms with E-state index in [9.17, 15) is 18.0 Å². The van der Waals surface area contributed by atoms with Crippen molar-refractivity contribution >= 4 is 11.5 Å². The quantitative estimate of drug-likeness (QED) is 0.428. The first-order chi connectivity index (χ1) is 16.6. The van der Waals surface area contributed by atoms with Crippen molar-refractivity contribution in [1.82, 2.24) is 15.5 Å². The standard InChI is InChI=1S/C26H24F3N3O3/c1-15-13-19(11-12-20(15)21-5-3-4-6-22(21)26(27,28)29)25-31-24(32-35-25)18-9-7-17(8-10-18)16(2)30-14-23(33)34/h3-12,16,19,30H,13-14H2,1-2H3,(H,33,34). The fourth-order valence-electron chi connectivity index (χ4n) is 4.10. The number of carboxylic acids is 1. The Morgan fingerprint density at radius 2 is 1.91 bits per heavy atom. The molecule has 2 N–H and O–H groups in total. The number of benzene rings is 2. The molecule has 4 rings (SSSR count). The summed E-state index contributed by atoms with van der Waals surface area (Å²) in [5.74, 6) is -0.371. The van der Waals surface area contributed by atoms with Crippen molar-refractivity contribution in [2.75, 3.05) is 6.54 Å². The van der Waals surface area contributed by atoms with E-state index in [1.54, 1.807) is 18.2 Å². The van der Waals surface area contributed by atoms with Crippen LogP contribution in [0, 0.1) is 0 Å². The summed E-state index contributed by atoms with van der Waals surface area (Å²) in [6.07, 6.45) is -0.481. The molecule has 9 heteroatoms. The number of alkyl halides is 3. The minimum Gasteiger partial charge on any atom is -0.480 e. The van der Waals surface area contributed by atoms with Gasteiger partial charge in [-0.3, -0.25) is 4.79 Å². The van der Waals surface area contributed by atoms with Gasteiger partial charge in [-0.2, -0.15) is 18.2 Å². The van der Waals surface area contributed by atoms with Gasteiger partial charge in [0.25, 0.3) is 0 Å². The Morgan fingerprint density at radius 3 is 2.57 bits per heavy atom. The van der Waals surface area contributed by atoms with Crippen LogP contribution in [-0.4, -0.2) is 27.8 Å². The van der Waals surface area contributed by atoms with Crippen molar-refractivity contribution in [1.29, 1.82) is 0 Å². The number of aromatic nitrogens is 2. The average Bonchev–Trinajstić information content (AvgIpc) is 3.32. The van der Waals surface area contributed by atoms with E-state index in [4.69, 9.17) is 9.63 Å². The van der Waals surface area contributed by atoms with Crippen LogP contribution in [0.25, 0.3) is 17.0 Å². The summed E-state index contributed by atoms with van der Waals surface area (Å²) in [7, 11) is 0. The molecule has 1 aliphatic rings. The number of halogens is 3. The van der Waals surface area contributed by atoms with Gasteiger partial charge in [0.15, 0.2) is 0 Å². The smallest absolute Gasteiger partial charge is 0.417 e. The molecule has 0 amide bonds. The lowest BCUT2D eigenvalue weighted by Gasteiger charge is -2.21. The van der Waals surface area contributed by atoms with Crippen LogP contribution in [0.4, 0.5) is 13.2 Å².